The summed E-state index contributed by atoms with van der Waals surface area (Å²) in [6.07, 6.45) is 3.61. The SMILES string of the molecule is CCCCOc1cccc(CNC(=O)c2ccccc2CSc2ncn[nH]2)c1. The zero-order chi connectivity index (χ0) is 19.6. The second kappa shape index (κ2) is 10.5. The highest BCUT2D eigenvalue weighted by molar-refractivity contribution is 7.98. The number of aromatic amines is 1. The van der Waals surface area contributed by atoms with Crippen LogP contribution in [0.1, 0.15) is 41.3 Å². The third-order valence-electron chi connectivity index (χ3n) is 4.14. The predicted octanol–water partition coefficient (Wildman–Crippen LogP) is 4.21. The molecule has 3 rings (SSSR count). The lowest BCUT2D eigenvalue weighted by molar-refractivity contribution is 0.0950. The van der Waals surface area contributed by atoms with Crippen LogP contribution in [-0.2, 0) is 12.3 Å². The zero-order valence-electron chi connectivity index (χ0n) is 15.9. The molecule has 2 aromatic carbocycles. The van der Waals surface area contributed by atoms with Crippen LogP contribution in [0.4, 0.5) is 0 Å². The van der Waals surface area contributed by atoms with Gasteiger partial charge in [0.2, 0.25) is 0 Å². The first-order chi connectivity index (χ1) is 13.8. The fourth-order valence-corrected chi connectivity index (χ4v) is 3.42. The quantitative estimate of drug-likeness (QED) is 0.396. The number of hydrogen-bond donors (Lipinski definition) is 2. The molecule has 0 aliphatic rings. The fourth-order valence-electron chi connectivity index (χ4n) is 2.63. The molecule has 0 saturated heterocycles. The Morgan fingerprint density at radius 3 is 2.93 bits per heavy atom. The Balaban J connectivity index is 1.58. The van der Waals surface area contributed by atoms with E-state index in [-0.39, 0.29) is 5.91 Å². The summed E-state index contributed by atoms with van der Waals surface area (Å²) in [5, 5.41) is 10.4. The topological polar surface area (TPSA) is 79.9 Å². The van der Waals surface area contributed by atoms with Gasteiger partial charge in [0.05, 0.1) is 6.61 Å². The highest BCUT2D eigenvalue weighted by Crippen LogP contribution is 2.21. The maximum atomic E-state index is 12.7. The number of amides is 1. The van der Waals surface area contributed by atoms with Crippen molar-refractivity contribution < 1.29 is 9.53 Å². The molecule has 146 valence electrons. The van der Waals surface area contributed by atoms with Gasteiger partial charge in [-0.25, -0.2) is 4.98 Å². The molecule has 28 heavy (non-hydrogen) atoms. The number of rotatable bonds is 10. The van der Waals surface area contributed by atoms with E-state index in [0.29, 0.717) is 24.5 Å². The minimum Gasteiger partial charge on any atom is -0.494 e. The van der Waals surface area contributed by atoms with Crippen molar-refractivity contribution >= 4 is 17.7 Å². The summed E-state index contributed by atoms with van der Waals surface area (Å²) in [4.78, 5) is 16.8. The van der Waals surface area contributed by atoms with Crippen LogP contribution < -0.4 is 10.1 Å². The van der Waals surface area contributed by atoms with Crippen molar-refractivity contribution in [2.75, 3.05) is 6.61 Å². The number of ether oxygens (including phenoxy) is 1. The summed E-state index contributed by atoms with van der Waals surface area (Å²) >= 11 is 1.51. The minimum atomic E-state index is -0.0916. The molecule has 0 spiro atoms. The van der Waals surface area contributed by atoms with Crippen molar-refractivity contribution in [2.45, 2.75) is 37.2 Å². The molecule has 0 aliphatic carbocycles. The smallest absolute Gasteiger partial charge is 0.251 e. The Morgan fingerprint density at radius 2 is 2.11 bits per heavy atom. The molecule has 3 aromatic rings. The number of H-pyrrole nitrogens is 1. The molecule has 7 heteroatoms. The average molecular weight is 397 g/mol. The molecule has 1 aromatic heterocycles. The molecule has 1 amide bonds. The highest BCUT2D eigenvalue weighted by atomic mass is 32.2. The molecule has 0 unspecified atom stereocenters. The van der Waals surface area contributed by atoms with Gasteiger partial charge in [0.1, 0.15) is 12.1 Å². The largest absolute Gasteiger partial charge is 0.494 e. The molecule has 0 fully saturated rings. The first kappa shape index (κ1) is 19.9. The van der Waals surface area contributed by atoms with Crippen LogP contribution in [0, 0.1) is 0 Å². The third kappa shape index (κ3) is 5.85. The number of carbonyl (C=O) groups excluding carboxylic acids is 1. The van der Waals surface area contributed by atoms with Crippen molar-refractivity contribution in [1.82, 2.24) is 20.5 Å². The molecular weight excluding hydrogens is 372 g/mol. The van der Waals surface area contributed by atoms with Gasteiger partial charge in [-0.2, -0.15) is 5.10 Å². The molecule has 6 nitrogen and oxygen atoms in total. The molecule has 0 radical (unpaired) electrons. The van der Waals surface area contributed by atoms with Gasteiger partial charge < -0.3 is 10.1 Å². The fraction of sp³-hybridized carbons (Fsp3) is 0.286. The maximum Gasteiger partial charge on any atom is 0.251 e. The average Bonchev–Trinajstić information content (AvgIpc) is 3.25. The summed E-state index contributed by atoms with van der Waals surface area (Å²) in [6, 6.07) is 15.5. The summed E-state index contributed by atoms with van der Waals surface area (Å²) < 4.78 is 5.74. The Bertz CT molecular complexity index is 884. The first-order valence-corrected chi connectivity index (χ1v) is 10.3. The van der Waals surface area contributed by atoms with Crippen LogP contribution in [0.3, 0.4) is 0 Å². The van der Waals surface area contributed by atoms with Gasteiger partial charge in [-0.1, -0.05) is 55.4 Å². The van der Waals surface area contributed by atoms with E-state index in [1.54, 1.807) is 0 Å². The number of aromatic nitrogens is 3. The molecule has 1 heterocycles. The van der Waals surface area contributed by atoms with Crippen molar-refractivity contribution in [2.24, 2.45) is 0 Å². The number of hydrogen-bond acceptors (Lipinski definition) is 5. The lowest BCUT2D eigenvalue weighted by atomic mass is 10.1. The van der Waals surface area contributed by atoms with Gasteiger partial charge in [0, 0.05) is 17.9 Å². The lowest BCUT2D eigenvalue weighted by Crippen LogP contribution is -2.23. The number of benzene rings is 2. The second-order valence-corrected chi connectivity index (χ2v) is 7.23. The normalized spacial score (nSPS) is 10.6. The highest BCUT2D eigenvalue weighted by Gasteiger charge is 2.11. The van der Waals surface area contributed by atoms with E-state index >= 15 is 0 Å². The van der Waals surface area contributed by atoms with E-state index in [4.69, 9.17) is 4.74 Å². The van der Waals surface area contributed by atoms with Crippen molar-refractivity contribution in [1.29, 1.82) is 0 Å². The zero-order valence-corrected chi connectivity index (χ0v) is 16.7. The van der Waals surface area contributed by atoms with E-state index in [2.05, 4.69) is 27.4 Å². The van der Waals surface area contributed by atoms with E-state index in [9.17, 15) is 4.79 Å². The van der Waals surface area contributed by atoms with Crippen molar-refractivity contribution in [3.63, 3.8) is 0 Å². The van der Waals surface area contributed by atoms with Gasteiger partial charge >= 0.3 is 0 Å². The molecule has 0 atom stereocenters. The Kier molecular flexibility index (Phi) is 7.49. The van der Waals surface area contributed by atoms with E-state index in [0.717, 1.165) is 34.9 Å². The number of nitrogens with zero attached hydrogens (tertiary/aromatic N) is 2. The Morgan fingerprint density at radius 1 is 1.21 bits per heavy atom. The Hall–Kier alpha value is -2.80. The van der Waals surface area contributed by atoms with Crippen molar-refractivity contribution in [3.8, 4) is 5.75 Å². The molecule has 0 bridgehead atoms. The Labute approximate surface area is 169 Å². The number of unbranched alkanes of at least 4 members (excludes halogenated alkanes) is 1. The monoisotopic (exact) mass is 396 g/mol. The van der Waals surface area contributed by atoms with Crippen LogP contribution in [-0.4, -0.2) is 27.7 Å². The lowest BCUT2D eigenvalue weighted by Gasteiger charge is -2.11. The summed E-state index contributed by atoms with van der Waals surface area (Å²) in [6.45, 7) is 3.30. The summed E-state index contributed by atoms with van der Waals surface area (Å²) in [7, 11) is 0. The van der Waals surface area contributed by atoms with Gasteiger partial charge in [-0.15, -0.1) is 0 Å². The van der Waals surface area contributed by atoms with Gasteiger partial charge in [-0.3, -0.25) is 9.89 Å². The second-order valence-electron chi connectivity index (χ2n) is 6.27. The molecular formula is C21H24N4O2S. The number of nitrogens with one attached hydrogen (secondary N) is 2. The van der Waals surface area contributed by atoms with Crippen LogP contribution >= 0.6 is 11.8 Å². The van der Waals surface area contributed by atoms with Gasteiger partial charge in [0.15, 0.2) is 5.16 Å². The van der Waals surface area contributed by atoms with Gasteiger partial charge in [0.25, 0.3) is 5.91 Å². The van der Waals surface area contributed by atoms with Crippen LogP contribution in [0.2, 0.25) is 0 Å². The first-order valence-electron chi connectivity index (χ1n) is 9.32. The van der Waals surface area contributed by atoms with E-state index in [1.165, 1.54) is 18.1 Å². The number of carbonyl (C=O) groups is 1. The van der Waals surface area contributed by atoms with Crippen LogP contribution in [0.15, 0.2) is 60.0 Å². The minimum absolute atomic E-state index is 0.0916. The predicted molar refractivity (Wildman–Crippen MR) is 110 cm³/mol. The van der Waals surface area contributed by atoms with Crippen LogP contribution in [0.5, 0.6) is 5.75 Å². The summed E-state index contributed by atoms with van der Waals surface area (Å²) in [5.41, 5.74) is 2.64. The van der Waals surface area contributed by atoms with E-state index in [1.807, 2.05) is 48.5 Å². The van der Waals surface area contributed by atoms with Crippen molar-refractivity contribution in [3.05, 3.63) is 71.5 Å². The molecule has 0 saturated carbocycles. The standard InChI is InChI=1S/C21H24N4O2S/c1-2-3-11-27-18-9-6-7-16(12-18)13-22-20(26)19-10-5-4-8-17(19)14-28-21-23-15-24-25-21/h4-10,12,15H,2-3,11,13-14H2,1H3,(H,22,26)(H,23,24,25). The molecule has 2 N–H and O–H groups in total. The number of thioether (sulfide) groups is 1. The van der Waals surface area contributed by atoms with Crippen LogP contribution in [0.25, 0.3) is 0 Å². The van der Waals surface area contributed by atoms with Gasteiger partial charge in [-0.05, 0) is 35.7 Å². The third-order valence-corrected chi connectivity index (χ3v) is 5.06. The molecule has 0 aliphatic heterocycles. The maximum absolute atomic E-state index is 12.7. The summed E-state index contributed by atoms with van der Waals surface area (Å²) in [5.74, 6) is 1.38. The van der Waals surface area contributed by atoms with E-state index < -0.39 is 0 Å².